The van der Waals surface area contributed by atoms with E-state index in [1.165, 1.54) is 0 Å². The van der Waals surface area contributed by atoms with E-state index in [0.29, 0.717) is 31.9 Å². The highest BCUT2D eigenvalue weighted by atomic mass is 16.5. The molecule has 1 aromatic rings. The molecule has 1 unspecified atom stereocenters. The number of ether oxygens (including phenoxy) is 2. The van der Waals surface area contributed by atoms with Gasteiger partial charge in [0.2, 0.25) is 5.91 Å². The maximum absolute atomic E-state index is 11.9. The van der Waals surface area contributed by atoms with Gasteiger partial charge in [-0.2, -0.15) is 0 Å². The number of nitrogens with two attached hydrogens (primary N) is 1. The quantitative estimate of drug-likeness (QED) is 0.802. The highest BCUT2D eigenvalue weighted by Crippen LogP contribution is 2.34. The molecule has 2 aliphatic rings. The highest BCUT2D eigenvalue weighted by Gasteiger charge is 2.30. The minimum atomic E-state index is -0.374. The van der Waals surface area contributed by atoms with Crippen LogP contribution in [-0.2, 0) is 4.79 Å². The Kier molecular flexibility index (Phi) is 2.83. The summed E-state index contributed by atoms with van der Waals surface area (Å²) >= 11 is 0. The fourth-order valence-electron chi connectivity index (χ4n) is 2.28. The Morgan fingerprint density at radius 2 is 2.00 bits per heavy atom. The molecule has 1 amide bonds. The van der Waals surface area contributed by atoms with E-state index < -0.39 is 0 Å². The van der Waals surface area contributed by atoms with Crippen LogP contribution in [0.4, 0.5) is 5.69 Å². The monoisotopic (exact) mass is 248 g/mol. The molecule has 0 bridgehead atoms. The summed E-state index contributed by atoms with van der Waals surface area (Å²) in [6.45, 7) is 1.98. The molecule has 2 heterocycles. The average Bonchev–Trinajstić information content (AvgIpc) is 2.61. The molecule has 1 atom stereocenters. The smallest absolute Gasteiger partial charge is 0.243 e. The first-order valence-corrected chi connectivity index (χ1v) is 6.22. The number of anilines is 1. The molecule has 0 saturated carbocycles. The Balaban J connectivity index is 1.90. The van der Waals surface area contributed by atoms with Crippen LogP contribution >= 0.6 is 0 Å². The van der Waals surface area contributed by atoms with Crippen LogP contribution in [0.25, 0.3) is 0 Å². The van der Waals surface area contributed by atoms with Crippen molar-refractivity contribution >= 4 is 11.6 Å². The minimum Gasteiger partial charge on any atom is -0.490 e. The van der Waals surface area contributed by atoms with Crippen LogP contribution < -0.4 is 20.1 Å². The zero-order chi connectivity index (χ0) is 12.5. The van der Waals surface area contributed by atoms with Crippen molar-refractivity contribution in [3.05, 3.63) is 18.2 Å². The van der Waals surface area contributed by atoms with Crippen molar-refractivity contribution in [2.75, 3.05) is 24.7 Å². The third-order valence-electron chi connectivity index (χ3n) is 3.29. The summed E-state index contributed by atoms with van der Waals surface area (Å²) < 4.78 is 11.2. The number of rotatable bonds is 1. The first-order chi connectivity index (χ1) is 8.75. The maximum Gasteiger partial charge on any atom is 0.243 e. The zero-order valence-corrected chi connectivity index (χ0v) is 10.1. The lowest BCUT2D eigenvalue weighted by Gasteiger charge is -2.18. The number of amides is 1. The topological polar surface area (TPSA) is 64.8 Å². The normalized spacial score (nSPS) is 23.1. The van der Waals surface area contributed by atoms with Crippen molar-refractivity contribution in [1.29, 1.82) is 0 Å². The Labute approximate surface area is 105 Å². The lowest BCUT2D eigenvalue weighted by atomic mass is 10.2. The van der Waals surface area contributed by atoms with Crippen LogP contribution in [0, 0.1) is 0 Å². The number of benzene rings is 1. The second-order valence-electron chi connectivity index (χ2n) is 4.57. The fraction of sp³-hybridized carbons (Fsp3) is 0.462. The molecule has 1 saturated heterocycles. The van der Waals surface area contributed by atoms with Crippen molar-refractivity contribution in [2.45, 2.75) is 18.9 Å². The Hall–Kier alpha value is -1.75. The van der Waals surface area contributed by atoms with Gasteiger partial charge >= 0.3 is 0 Å². The summed E-state index contributed by atoms with van der Waals surface area (Å²) in [7, 11) is 0. The third-order valence-corrected chi connectivity index (χ3v) is 3.29. The minimum absolute atomic E-state index is 0.0236. The Bertz CT molecular complexity index is 475. The molecule has 0 radical (unpaired) electrons. The summed E-state index contributed by atoms with van der Waals surface area (Å²) in [4.78, 5) is 13.6. The number of carbonyl (C=O) groups excluding carboxylic acids is 1. The molecule has 18 heavy (non-hydrogen) atoms. The Morgan fingerprint density at radius 1 is 1.22 bits per heavy atom. The van der Waals surface area contributed by atoms with Crippen LogP contribution in [0.1, 0.15) is 12.8 Å². The van der Waals surface area contributed by atoms with E-state index in [-0.39, 0.29) is 11.9 Å². The number of nitrogens with zero attached hydrogens (tertiary/aromatic N) is 1. The molecule has 96 valence electrons. The van der Waals surface area contributed by atoms with Gasteiger partial charge in [-0.05, 0) is 18.6 Å². The summed E-state index contributed by atoms with van der Waals surface area (Å²) in [5.41, 5.74) is 6.55. The van der Waals surface area contributed by atoms with Crippen LogP contribution in [0.2, 0.25) is 0 Å². The highest BCUT2D eigenvalue weighted by molar-refractivity contribution is 5.99. The third kappa shape index (κ3) is 1.90. The standard InChI is InChI=1S/C13H16N2O3/c14-10-4-5-15(13(10)16)9-2-3-11-12(8-9)18-7-1-6-17-11/h2-3,8,10H,1,4-7,14H2. The van der Waals surface area contributed by atoms with Crippen LogP contribution in [0.3, 0.4) is 0 Å². The van der Waals surface area contributed by atoms with E-state index in [0.717, 1.165) is 17.9 Å². The van der Waals surface area contributed by atoms with Gasteiger partial charge in [0.1, 0.15) is 0 Å². The number of carbonyl (C=O) groups is 1. The molecule has 0 aliphatic carbocycles. The number of fused-ring (bicyclic) bond motifs is 1. The predicted octanol–water partition coefficient (Wildman–Crippen LogP) is 0.912. The fourth-order valence-corrected chi connectivity index (χ4v) is 2.28. The predicted molar refractivity (Wildman–Crippen MR) is 67.0 cm³/mol. The van der Waals surface area contributed by atoms with Crippen molar-refractivity contribution in [2.24, 2.45) is 5.73 Å². The van der Waals surface area contributed by atoms with Gasteiger partial charge in [-0.1, -0.05) is 0 Å². The lowest BCUT2D eigenvalue weighted by Crippen LogP contribution is -2.33. The molecule has 5 heteroatoms. The van der Waals surface area contributed by atoms with Gasteiger partial charge in [0.25, 0.3) is 0 Å². The van der Waals surface area contributed by atoms with Gasteiger partial charge in [0.15, 0.2) is 11.5 Å². The van der Waals surface area contributed by atoms with E-state index in [1.54, 1.807) is 4.90 Å². The van der Waals surface area contributed by atoms with E-state index in [1.807, 2.05) is 18.2 Å². The molecule has 2 aliphatic heterocycles. The van der Waals surface area contributed by atoms with E-state index in [2.05, 4.69) is 0 Å². The Morgan fingerprint density at radius 3 is 2.72 bits per heavy atom. The molecule has 1 fully saturated rings. The summed E-state index contributed by atoms with van der Waals surface area (Å²) in [6, 6.07) is 5.22. The lowest BCUT2D eigenvalue weighted by molar-refractivity contribution is -0.118. The first kappa shape index (κ1) is 11.3. The molecule has 0 spiro atoms. The van der Waals surface area contributed by atoms with E-state index in [9.17, 15) is 4.79 Å². The van der Waals surface area contributed by atoms with Crippen LogP contribution in [0.5, 0.6) is 11.5 Å². The van der Waals surface area contributed by atoms with Crippen LogP contribution in [0.15, 0.2) is 18.2 Å². The first-order valence-electron chi connectivity index (χ1n) is 6.22. The molecule has 3 rings (SSSR count). The largest absolute Gasteiger partial charge is 0.490 e. The van der Waals surface area contributed by atoms with Crippen molar-refractivity contribution < 1.29 is 14.3 Å². The summed E-state index contributed by atoms with van der Waals surface area (Å²) in [5, 5.41) is 0. The molecule has 0 aromatic heterocycles. The molecular formula is C13H16N2O3. The van der Waals surface area contributed by atoms with Gasteiger partial charge in [0.05, 0.1) is 19.3 Å². The van der Waals surface area contributed by atoms with E-state index >= 15 is 0 Å². The zero-order valence-electron chi connectivity index (χ0n) is 10.1. The summed E-state index contributed by atoms with van der Waals surface area (Å²) in [6.07, 6.45) is 1.57. The second kappa shape index (κ2) is 4.49. The summed E-state index contributed by atoms with van der Waals surface area (Å²) in [5.74, 6) is 1.43. The second-order valence-corrected chi connectivity index (χ2v) is 4.57. The van der Waals surface area contributed by atoms with Crippen LogP contribution in [-0.4, -0.2) is 31.7 Å². The maximum atomic E-state index is 11.9. The van der Waals surface area contributed by atoms with E-state index in [4.69, 9.17) is 15.2 Å². The number of hydrogen-bond acceptors (Lipinski definition) is 4. The number of hydrogen-bond donors (Lipinski definition) is 1. The molecule has 5 nitrogen and oxygen atoms in total. The molecule has 1 aromatic carbocycles. The van der Waals surface area contributed by atoms with Crippen molar-refractivity contribution in [3.63, 3.8) is 0 Å². The SMILES string of the molecule is NC1CCN(c2ccc3c(c2)OCCCO3)C1=O. The van der Waals surface area contributed by atoms with Gasteiger partial charge in [0, 0.05) is 24.7 Å². The van der Waals surface area contributed by atoms with Crippen molar-refractivity contribution in [3.8, 4) is 11.5 Å². The van der Waals surface area contributed by atoms with Gasteiger partial charge in [-0.25, -0.2) is 0 Å². The molecular weight excluding hydrogens is 232 g/mol. The van der Waals surface area contributed by atoms with Gasteiger partial charge in [-0.15, -0.1) is 0 Å². The average molecular weight is 248 g/mol. The van der Waals surface area contributed by atoms with Gasteiger partial charge < -0.3 is 20.1 Å². The molecule has 2 N–H and O–H groups in total. The van der Waals surface area contributed by atoms with Crippen molar-refractivity contribution in [1.82, 2.24) is 0 Å². The van der Waals surface area contributed by atoms with Gasteiger partial charge in [-0.3, -0.25) is 4.79 Å².